The Hall–Kier alpha value is -8.59. The molecule has 0 unspecified atom stereocenters. The standard InChI is InChI=1S/C53H27F6N5/c54-52(55,56)43-8-5-9-44(53(57,58)59)51(43)40-27-50(64-46-11-4-2-7-39(46)42-25-36(21-23-48(42)64)34-18-14-32(29-61)15-19-34)49(26-37(40)30-62)63-45-10-3-1-6-38(45)41-24-35(20-22-47(41)63)33-16-12-31(28-60)13-17-33/h1-27H. The summed E-state index contributed by atoms with van der Waals surface area (Å²) >= 11 is 0. The van der Waals surface area contributed by atoms with Gasteiger partial charge in [0.25, 0.3) is 0 Å². The van der Waals surface area contributed by atoms with Crippen molar-refractivity contribution in [3.8, 4) is 63.0 Å². The first-order valence-corrected chi connectivity index (χ1v) is 19.8. The van der Waals surface area contributed by atoms with Gasteiger partial charge in [0.05, 0.1) is 79.5 Å². The number of rotatable bonds is 5. The fourth-order valence-corrected chi connectivity index (χ4v) is 8.85. The molecule has 2 heterocycles. The third kappa shape index (κ3) is 6.40. The van der Waals surface area contributed by atoms with Crippen molar-refractivity contribution in [2.24, 2.45) is 0 Å². The first kappa shape index (κ1) is 39.5. The molecule has 2 aromatic heterocycles. The van der Waals surface area contributed by atoms with Crippen LogP contribution in [0.5, 0.6) is 0 Å². The van der Waals surface area contributed by atoms with Gasteiger partial charge in [-0.15, -0.1) is 0 Å². The maximum Gasteiger partial charge on any atom is 0.417 e. The molecule has 0 atom stereocenters. The number of alkyl halides is 6. The molecule has 0 aliphatic rings. The van der Waals surface area contributed by atoms with E-state index >= 15 is 0 Å². The topological polar surface area (TPSA) is 81.2 Å². The largest absolute Gasteiger partial charge is 0.417 e. The van der Waals surface area contributed by atoms with Crippen LogP contribution in [0.3, 0.4) is 0 Å². The van der Waals surface area contributed by atoms with Gasteiger partial charge in [-0.05, 0) is 107 Å². The van der Waals surface area contributed by atoms with Crippen LogP contribution >= 0.6 is 0 Å². The van der Waals surface area contributed by atoms with Gasteiger partial charge in [0, 0.05) is 32.7 Å². The minimum Gasteiger partial charge on any atom is -0.307 e. The molecule has 0 aliphatic heterocycles. The summed E-state index contributed by atoms with van der Waals surface area (Å²) in [4.78, 5) is 0. The minimum atomic E-state index is -5.21. The number of benzene rings is 8. The highest BCUT2D eigenvalue weighted by atomic mass is 19.4. The molecule has 10 rings (SSSR count). The Bertz CT molecular complexity index is 3630. The number of fused-ring (bicyclic) bond motifs is 6. The Morgan fingerprint density at radius 2 is 0.781 bits per heavy atom. The van der Waals surface area contributed by atoms with Crippen molar-refractivity contribution in [1.82, 2.24) is 9.13 Å². The van der Waals surface area contributed by atoms with Crippen LogP contribution in [0.15, 0.2) is 164 Å². The lowest BCUT2D eigenvalue weighted by atomic mass is 9.89. The Morgan fingerprint density at radius 1 is 0.375 bits per heavy atom. The maximum absolute atomic E-state index is 14.9. The van der Waals surface area contributed by atoms with Crippen molar-refractivity contribution in [1.29, 1.82) is 15.8 Å². The number of para-hydroxylation sites is 2. The van der Waals surface area contributed by atoms with Gasteiger partial charge in [-0.3, -0.25) is 0 Å². The van der Waals surface area contributed by atoms with Crippen LogP contribution in [0.25, 0.3) is 88.4 Å². The summed E-state index contributed by atoms with van der Waals surface area (Å²) in [5.74, 6) is 0. The molecular formula is C53H27F6N5. The number of hydrogen-bond donors (Lipinski definition) is 0. The van der Waals surface area contributed by atoms with Gasteiger partial charge in [-0.25, -0.2) is 0 Å². The van der Waals surface area contributed by atoms with Crippen molar-refractivity contribution >= 4 is 43.6 Å². The fourth-order valence-electron chi connectivity index (χ4n) is 8.85. The molecule has 0 saturated heterocycles. The zero-order valence-electron chi connectivity index (χ0n) is 33.1. The molecule has 0 radical (unpaired) electrons. The monoisotopic (exact) mass is 847 g/mol. The van der Waals surface area contributed by atoms with Crippen molar-refractivity contribution < 1.29 is 26.3 Å². The molecule has 0 fully saturated rings. The van der Waals surface area contributed by atoms with Gasteiger partial charge in [-0.1, -0.05) is 78.9 Å². The van der Waals surface area contributed by atoms with E-state index in [1.165, 1.54) is 12.1 Å². The second-order valence-electron chi connectivity index (χ2n) is 15.3. The highest BCUT2D eigenvalue weighted by Crippen LogP contribution is 2.48. The van der Waals surface area contributed by atoms with Crippen LogP contribution in [0, 0.1) is 34.0 Å². The number of hydrogen-bond acceptors (Lipinski definition) is 3. The molecule has 0 bridgehead atoms. The summed E-state index contributed by atoms with van der Waals surface area (Å²) in [5.41, 5.74) is 2.26. The average Bonchev–Trinajstić information content (AvgIpc) is 3.82. The lowest BCUT2D eigenvalue weighted by molar-refractivity contribution is -0.142. The van der Waals surface area contributed by atoms with Crippen molar-refractivity contribution in [3.63, 3.8) is 0 Å². The fraction of sp³-hybridized carbons (Fsp3) is 0.0377. The third-order valence-electron chi connectivity index (χ3n) is 11.7. The van der Waals surface area contributed by atoms with Crippen LogP contribution in [0.1, 0.15) is 27.8 Å². The average molecular weight is 848 g/mol. The van der Waals surface area contributed by atoms with E-state index in [9.17, 15) is 42.1 Å². The number of aromatic nitrogens is 2. The van der Waals surface area contributed by atoms with E-state index < -0.39 is 40.2 Å². The van der Waals surface area contributed by atoms with Gasteiger partial charge < -0.3 is 9.13 Å². The van der Waals surface area contributed by atoms with Crippen LogP contribution in [0.2, 0.25) is 0 Å². The van der Waals surface area contributed by atoms with E-state index in [1.807, 2.05) is 118 Å². The van der Waals surface area contributed by atoms with Crippen molar-refractivity contribution in [3.05, 3.63) is 192 Å². The van der Waals surface area contributed by atoms with E-state index in [0.717, 1.165) is 49.9 Å². The summed E-state index contributed by atoms with van der Waals surface area (Å²) in [6, 6.07) is 51.4. The predicted octanol–water partition coefficient (Wildman–Crippen LogP) is 14.5. The smallest absolute Gasteiger partial charge is 0.307 e. The molecule has 8 aromatic carbocycles. The van der Waals surface area contributed by atoms with E-state index in [1.54, 1.807) is 30.3 Å². The molecule has 10 aromatic rings. The Balaban J connectivity index is 1.34. The van der Waals surface area contributed by atoms with E-state index in [-0.39, 0.29) is 5.69 Å². The molecule has 0 aliphatic carbocycles. The Morgan fingerprint density at radius 3 is 1.20 bits per heavy atom. The zero-order valence-corrected chi connectivity index (χ0v) is 33.1. The number of nitrogens with zero attached hydrogens (tertiary/aromatic N) is 5. The maximum atomic E-state index is 14.9. The summed E-state index contributed by atoms with van der Waals surface area (Å²) in [6.45, 7) is 0. The van der Waals surface area contributed by atoms with Crippen molar-refractivity contribution in [2.75, 3.05) is 0 Å². The van der Waals surface area contributed by atoms with E-state index in [4.69, 9.17) is 0 Å². The summed E-state index contributed by atoms with van der Waals surface area (Å²) in [7, 11) is 0. The molecule has 11 heteroatoms. The summed E-state index contributed by atoms with van der Waals surface area (Å²) in [6.07, 6.45) is -10.4. The molecule has 306 valence electrons. The molecule has 5 nitrogen and oxygen atoms in total. The van der Waals surface area contributed by atoms with E-state index in [2.05, 4.69) is 12.1 Å². The van der Waals surface area contributed by atoms with Gasteiger partial charge in [0.15, 0.2) is 0 Å². The molecular weight excluding hydrogens is 821 g/mol. The molecule has 0 spiro atoms. The van der Waals surface area contributed by atoms with Gasteiger partial charge in [0.1, 0.15) is 0 Å². The van der Waals surface area contributed by atoms with Gasteiger partial charge >= 0.3 is 12.4 Å². The zero-order chi connectivity index (χ0) is 44.5. The van der Waals surface area contributed by atoms with Crippen LogP contribution < -0.4 is 0 Å². The lowest BCUT2D eigenvalue weighted by Gasteiger charge is -2.23. The third-order valence-corrected chi connectivity index (χ3v) is 11.7. The van der Waals surface area contributed by atoms with Gasteiger partial charge in [0.2, 0.25) is 0 Å². The Kier molecular flexibility index (Phi) is 9.14. The Labute approximate surface area is 360 Å². The second-order valence-corrected chi connectivity index (χ2v) is 15.3. The lowest BCUT2D eigenvalue weighted by Crippen LogP contribution is -2.15. The highest BCUT2D eigenvalue weighted by Gasteiger charge is 2.42. The molecule has 0 amide bonds. The van der Waals surface area contributed by atoms with E-state index in [0.29, 0.717) is 51.0 Å². The highest BCUT2D eigenvalue weighted by molar-refractivity contribution is 6.13. The molecule has 0 saturated carbocycles. The molecule has 0 N–H and O–H groups in total. The second kappa shape index (κ2) is 14.8. The quantitative estimate of drug-likeness (QED) is 0.162. The first-order valence-electron chi connectivity index (χ1n) is 19.8. The number of halogens is 6. The van der Waals surface area contributed by atoms with Crippen LogP contribution in [0.4, 0.5) is 26.3 Å². The first-order chi connectivity index (χ1) is 30.9. The van der Waals surface area contributed by atoms with Gasteiger partial charge in [-0.2, -0.15) is 42.1 Å². The minimum absolute atomic E-state index is 0.218. The SMILES string of the molecule is N#Cc1ccc(-c2ccc3c(c2)c2ccccc2n3-c2cc(C#N)c(-c3c(C(F)(F)F)cccc3C(F)(F)F)cc2-n2c3ccccc3c3cc(-c4ccc(C#N)cc4)ccc32)cc1. The molecule has 64 heavy (non-hydrogen) atoms. The van der Waals surface area contributed by atoms with Crippen LogP contribution in [-0.2, 0) is 12.4 Å². The summed E-state index contributed by atoms with van der Waals surface area (Å²) < 4.78 is 93.1. The van der Waals surface area contributed by atoms with Crippen molar-refractivity contribution in [2.45, 2.75) is 12.4 Å². The predicted molar refractivity (Wildman–Crippen MR) is 236 cm³/mol. The summed E-state index contributed by atoms with van der Waals surface area (Å²) in [5, 5.41) is 32.7. The van der Waals surface area contributed by atoms with Crippen LogP contribution in [-0.4, -0.2) is 9.13 Å². The normalized spacial score (nSPS) is 11.9. The number of nitriles is 3.